The second-order valence-corrected chi connectivity index (χ2v) is 10.7. The molecule has 0 aliphatic carbocycles. The molecule has 0 aromatic heterocycles. The Bertz CT molecular complexity index is 1460. The molecular formula is C27H25FN2O7S. The van der Waals surface area contributed by atoms with Gasteiger partial charge in [-0.1, -0.05) is 24.3 Å². The number of benzene rings is 3. The van der Waals surface area contributed by atoms with Gasteiger partial charge in [-0.3, -0.25) is 9.59 Å². The zero-order valence-corrected chi connectivity index (χ0v) is 21.1. The van der Waals surface area contributed by atoms with Gasteiger partial charge in [-0.15, -0.1) is 0 Å². The van der Waals surface area contributed by atoms with Crippen molar-refractivity contribution >= 4 is 27.6 Å². The molecule has 0 bridgehead atoms. The number of amides is 1. The number of anilines is 1. The lowest BCUT2D eigenvalue weighted by atomic mass is 9.92. The molecule has 2 aliphatic heterocycles. The molecule has 0 saturated carbocycles. The third-order valence-corrected chi connectivity index (χ3v) is 8.26. The van der Waals surface area contributed by atoms with Gasteiger partial charge in [0.25, 0.3) is 5.91 Å². The Balaban J connectivity index is 1.27. The maximum Gasteiger partial charge on any atom is 0.308 e. The van der Waals surface area contributed by atoms with Gasteiger partial charge in [0.05, 0.1) is 17.4 Å². The zero-order chi connectivity index (χ0) is 26.7. The smallest absolute Gasteiger partial charge is 0.308 e. The van der Waals surface area contributed by atoms with E-state index in [2.05, 4.69) is 5.32 Å². The molecule has 3 aromatic rings. The van der Waals surface area contributed by atoms with Crippen LogP contribution in [0.25, 0.3) is 0 Å². The monoisotopic (exact) mass is 540 g/mol. The minimum atomic E-state index is -4.04. The standard InChI is InChI=1S/C27H25FN2O7S/c28-19-5-8-21(9-6-19)38(33,34)30-12-11-18-3-1-2-4-22(18)23(30)16-27(32)37-17-26(31)29-20-7-10-24-25(15-20)36-14-13-35-24/h1-10,15,23H,11-14,16-17H2,(H,29,31). The number of fused-ring (bicyclic) bond motifs is 2. The largest absolute Gasteiger partial charge is 0.486 e. The third kappa shape index (κ3) is 5.48. The summed E-state index contributed by atoms with van der Waals surface area (Å²) >= 11 is 0. The number of hydrogen-bond acceptors (Lipinski definition) is 7. The fraction of sp³-hybridized carbons (Fsp3) is 0.259. The highest BCUT2D eigenvalue weighted by Crippen LogP contribution is 2.37. The van der Waals surface area contributed by atoms with Crippen LogP contribution in [-0.2, 0) is 30.8 Å². The quantitative estimate of drug-likeness (QED) is 0.457. The van der Waals surface area contributed by atoms with E-state index >= 15 is 0 Å². The molecule has 1 unspecified atom stereocenters. The minimum Gasteiger partial charge on any atom is -0.486 e. The van der Waals surface area contributed by atoms with Crippen molar-refractivity contribution in [2.24, 2.45) is 0 Å². The number of hydrogen-bond donors (Lipinski definition) is 1. The van der Waals surface area contributed by atoms with Crippen LogP contribution in [0.5, 0.6) is 11.5 Å². The number of carbonyl (C=O) groups excluding carboxylic acids is 2. The number of halogens is 1. The topological polar surface area (TPSA) is 111 Å². The van der Waals surface area contributed by atoms with Gasteiger partial charge in [0.1, 0.15) is 19.0 Å². The Labute approximate surface area is 219 Å². The molecule has 0 radical (unpaired) electrons. The molecule has 9 nitrogen and oxygen atoms in total. The van der Waals surface area contributed by atoms with Crippen molar-refractivity contribution in [3.63, 3.8) is 0 Å². The van der Waals surface area contributed by atoms with E-state index < -0.39 is 40.4 Å². The summed E-state index contributed by atoms with van der Waals surface area (Å²) in [5.41, 5.74) is 2.06. The lowest BCUT2D eigenvalue weighted by Gasteiger charge is -2.36. The third-order valence-electron chi connectivity index (χ3n) is 6.33. The Kier molecular flexibility index (Phi) is 7.30. The van der Waals surface area contributed by atoms with Gasteiger partial charge in [0, 0.05) is 18.3 Å². The fourth-order valence-electron chi connectivity index (χ4n) is 4.55. The van der Waals surface area contributed by atoms with Crippen molar-refractivity contribution in [1.29, 1.82) is 0 Å². The minimum absolute atomic E-state index is 0.0737. The Morgan fingerprint density at radius 2 is 1.74 bits per heavy atom. The van der Waals surface area contributed by atoms with Crippen molar-refractivity contribution in [3.05, 3.63) is 83.7 Å². The summed E-state index contributed by atoms with van der Waals surface area (Å²) in [6.07, 6.45) is 0.162. The predicted octanol–water partition coefficient (Wildman–Crippen LogP) is 3.46. The number of sulfonamides is 1. The normalized spacial score (nSPS) is 16.8. The van der Waals surface area contributed by atoms with Crippen molar-refractivity contribution in [1.82, 2.24) is 4.31 Å². The molecule has 2 aliphatic rings. The molecule has 1 atom stereocenters. The molecule has 11 heteroatoms. The zero-order valence-electron chi connectivity index (χ0n) is 20.3. The molecule has 198 valence electrons. The summed E-state index contributed by atoms with van der Waals surface area (Å²) in [4.78, 5) is 25.2. The van der Waals surface area contributed by atoms with Crippen LogP contribution in [0.3, 0.4) is 0 Å². The average molecular weight is 541 g/mol. The van der Waals surface area contributed by atoms with Crippen LogP contribution < -0.4 is 14.8 Å². The first kappa shape index (κ1) is 25.7. The summed E-state index contributed by atoms with van der Waals surface area (Å²) in [5, 5.41) is 2.64. The van der Waals surface area contributed by atoms with Gasteiger partial charge in [-0.2, -0.15) is 4.31 Å². The van der Waals surface area contributed by atoms with Crippen molar-refractivity contribution in [2.45, 2.75) is 23.8 Å². The van der Waals surface area contributed by atoms with E-state index in [-0.39, 0.29) is 17.9 Å². The molecule has 38 heavy (non-hydrogen) atoms. The van der Waals surface area contributed by atoms with Gasteiger partial charge >= 0.3 is 5.97 Å². The summed E-state index contributed by atoms with van der Waals surface area (Å²) in [6.45, 7) is 0.439. The average Bonchev–Trinajstić information content (AvgIpc) is 2.92. The lowest BCUT2D eigenvalue weighted by molar-refractivity contribution is -0.148. The molecule has 0 spiro atoms. The Morgan fingerprint density at radius 1 is 1.00 bits per heavy atom. The summed E-state index contributed by atoms with van der Waals surface area (Å²) < 4.78 is 57.7. The predicted molar refractivity (Wildman–Crippen MR) is 135 cm³/mol. The molecular weight excluding hydrogens is 515 g/mol. The molecule has 5 rings (SSSR count). The molecule has 1 N–H and O–H groups in total. The van der Waals surface area contributed by atoms with E-state index in [0.717, 1.165) is 17.7 Å². The van der Waals surface area contributed by atoms with Crippen LogP contribution in [-0.4, -0.2) is 51.0 Å². The van der Waals surface area contributed by atoms with Gasteiger partial charge in [-0.25, -0.2) is 12.8 Å². The summed E-state index contributed by atoms with van der Waals surface area (Å²) in [6, 6.07) is 15.9. The lowest BCUT2D eigenvalue weighted by Crippen LogP contribution is -2.41. The van der Waals surface area contributed by atoms with Gasteiger partial charge in [0.15, 0.2) is 18.1 Å². The first-order valence-electron chi connectivity index (χ1n) is 12.0. The van der Waals surface area contributed by atoms with E-state index in [1.165, 1.54) is 16.4 Å². The van der Waals surface area contributed by atoms with E-state index in [9.17, 15) is 22.4 Å². The Hall–Kier alpha value is -3.96. The van der Waals surface area contributed by atoms with Crippen LogP contribution in [0.15, 0.2) is 71.6 Å². The van der Waals surface area contributed by atoms with E-state index in [1.54, 1.807) is 30.3 Å². The number of rotatable bonds is 7. The van der Waals surface area contributed by atoms with Gasteiger partial charge in [0.2, 0.25) is 10.0 Å². The van der Waals surface area contributed by atoms with Crippen LogP contribution in [0.4, 0.5) is 10.1 Å². The van der Waals surface area contributed by atoms with Gasteiger partial charge < -0.3 is 19.5 Å². The van der Waals surface area contributed by atoms with Crippen molar-refractivity contribution < 1.29 is 36.6 Å². The first-order valence-corrected chi connectivity index (χ1v) is 13.5. The number of ether oxygens (including phenoxy) is 3. The molecule has 0 saturated heterocycles. The number of nitrogens with zero attached hydrogens (tertiary/aromatic N) is 1. The van der Waals surface area contributed by atoms with Crippen LogP contribution in [0.1, 0.15) is 23.6 Å². The SMILES string of the molecule is O=C(COC(=O)CC1c2ccccc2CCN1S(=O)(=O)c1ccc(F)cc1)Nc1ccc2c(c1)OCCO2. The van der Waals surface area contributed by atoms with Crippen molar-refractivity contribution in [3.8, 4) is 11.5 Å². The van der Waals surface area contributed by atoms with Crippen molar-refractivity contribution in [2.75, 3.05) is 31.7 Å². The highest BCUT2D eigenvalue weighted by atomic mass is 32.2. The molecule has 0 fully saturated rings. The summed E-state index contributed by atoms with van der Waals surface area (Å²) in [7, 11) is -4.04. The first-order chi connectivity index (χ1) is 18.3. The fourth-order valence-corrected chi connectivity index (χ4v) is 6.16. The van der Waals surface area contributed by atoms with Crippen LogP contribution in [0.2, 0.25) is 0 Å². The maximum atomic E-state index is 13.4. The van der Waals surface area contributed by atoms with Crippen LogP contribution in [0, 0.1) is 5.82 Å². The summed E-state index contributed by atoms with van der Waals surface area (Å²) in [5.74, 6) is -0.765. The highest BCUT2D eigenvalue weighted by Gasteiger charge is 2.38. The van der Waals surface area contributed by atoms with E-state index in [1.807, 2.05) is 12.1 Å². The highest BCUT2D eigenvalue weighted by molar-refractivity contribution is 7.89. The van der Waals surface area contributed by atoms with E-state index in [4.69, 9.17) is 14.2 Å². The molecule has 2 heterocycles. The van der Waals surface area contributed by atoms with Crippen LogP contribution >= 0.6 is 0 Å². The number of carbonyl (C=O) groups is 2. The maximum absolute atomic E-state index is 13.4. The number of nitrogens with one attached hydrogen (secondary N) is 1. The van der Waals surface area contributed by atoms with Gasteiger partial charge in [-0.05, 0) is 53.9 Å². The molecule has 1 amide bonds. The number of esters is 1. The molecule has 3 aromatic carbocycles. The van der Waals surface area contributed by atoms with E-state index in [0.29, 0.717) is 42.4 Å². The second-order valence-electron chi connectivity index (χ2n) is 8.81. The second kappa shape index (κ2) is 10.8. The Morgan fingerprint density at radius 3 is 2.53 bits per heavy atom.